The Morgan fingerprint density at radius 1 is 1.05 bits per heavy atom. The van der Waals surface area contributed by atoms with Gasteiger partial charge in [0, 0.05) is 11.9 Å². The van der Waals surface area contributed by atoms with Crippen molar-refractivity contribution in [3.05, 3.63) is 65.4 Å². The maximum atomic E-state index is 9.32. The lowest BCUT2D eigenvalue weighted by Crippen LogP contribution is -2.13. The number of furan rings is 1. The summed E-state index contributed by atoms with van der Waals surface area (Å²) in [5.74, 6) is 1.70. The average Bonchev–Trinajstić information content (AvgIpc) is 2.97. The SMILES string of the molecule is COc1ccc2oc(CNCc3ccccc3CO)cc2c1. The highest BCUT2D eigenvalue weighted by atomic mass is 16.5. The third-order valence-electron chi connectivity index (χ3n) is 3.68. The molecule has 2 N–H and O–H groups in total. The molecule has 0 saturated heterocycles. The van der Waals surface area contributed by atoms with Gasteiger partial charge in [-0.3, -0.25) is 0 Å². The van der Waals surface area contributed by atoms with Crippen LogP contribution in [-0.4, -0.2) is 12.2 Å². The standard InChI is InChI=1S/C18H19NO3/c1-21-16-6-7-18-15(8-16)9-17(22-18)11-19-10-13-4-2-3-5-14(13)12-20/h2-9,19-20H,10-12H2,1H3. The number of rotatable bonds is 6. The van der Waals surface area contributed by atoms with Crippen molar-refractivity contribution >= 4 is 11.0 Å². The van der Waals surface area contributed by atoms with E-state index in [4.69, 9.17) is 9.15 Å². The van der Waals surface area contributed by atoms with Crippen molar-refractivity contribution in [2.24, 2.45) is 0 Å². The number of hydrogen-bond donors (Lipinski definition) is 2. The van der Waals surface area contributed by atoms with Crippen molar-refractivity contribution in [2.45, 2.75) is 19.7 Å². The first-order valence-electron chi connectivity index (χ1n) is 7.25. The summed E-state index contributed by atoms with van der Waals surface area (Å²) in [6.07, 6.45) is 0. The van der Waals surface area contributed by atoms with Gasteiger partial charge in [-0.15, -0.1) is 0 Å². The lowest BCUT2D eigenvalue weighted by Gasteiger charge is -2.07. The Kier molecular flexibility index (Phi) is 4.42. The van der Waals surface area contributed by atoms with E-state index in [-0.39, 0.29) is 6.61 Å². The molecule has 0 aliphatic carbocycles. The molecule has 0 unspecified atom stereocenters. The van der Waals surface area contributed by atoms with Crippen molar-refractivity contribution < 1.29 is 14.3 Å². The molecule has 0 saturated carbocycles. The number of ether oxygens (including phenoxy) is 1. The lowest BCUT2D eigenvalue weighted by atomic mass is 10.1. The van der Waals surface area contributed by atoms with Crippen molar-refractivity contribution in [3.8, 4) is 5.75 Å². The zero-order valence-electron chi connectivity index (χ0n) is 12.5. The molecule has 0 aliphatic rings. The van der Waals surface area contributed by atoms with E-state index in [1.165, 1.54) is 0 Å². The van der Waals surface area contributed by atoms with Crippen LogP contribution in [0.25, 0.3) is 11.0 Å². The van der Waals surface area contributed by atoms with Gasteiger partial charge >= 0.3 is 0 Å². The van der Waals surface area contributed by atoms with Gasteiger partial charge in [0.15, 0.2) is 0 Å². The minimum atomic E-state index is 0.0578. The maximum absolute atomic E-state index is 9.32. The predicted octanol–water partition coefficient (Wildman–Crippen LogP) is 3.22. The van der Waals surface area contributed by atoms with E-state index >= 15 is 0 Å². The fourth-order valence-electron chi connectivity index (χ4n) is 2.50. The molecular weight excluding hydrogens is 278 g/mol. The minimum Gasteiger partial charge on any atom is -0.497 e. The van der Waals surface area contributed by atoms with E-state index in [2.05, 4.69) is 5.32 Å². The van der Waals surface area contributed by atoms with Crippen LogP contribution in [0, 0.1) is 0 Å². The third kappa shape index (κ3) is 3.13. The Balaban J connectivity index is 1.66. The second-order valence-corrected chi connectivity index (χ2v) is 5.15. The van der Waals surface area contributed by atoms with Crippen LogP contribution in [0.2, 0.25) is 0 Å². The van der Waals surface area contributed by atoms with E-state index in [9.17, 15) is 5.11 Å². The van der Waals surface area contributed by atoms with Gasteiger partial charge in [0.25, 0.3) is 0 Å². The first-order chi connectivity index (χ1) is 10.8. The van der Waals surface area contributed by atoms with Gasteiger partial charge in [0.1, 0.15) is 17.1 Å². The van der Waals surface area contributed by atoms with Crippen LogP contribution in [0.5, 0.6) is 5.75 Å². The van der Waals surface area contributed by atoms with Crippen molar-refractivity contribution in [1.29, 1.82) is 0 Å². The molecule has 4 heteroatoms. The van der Waals surface area contributed by atoms with Crippen LogP contribution in [0.4, 0.5) is 0 Å². The van der Waals surface area contributed by atoms with Gasteiger partial charge in [-0.1, -0.05) is 24.3 Å². The minimum absolute atomic E-state index is 0.0578. The highest BCUT2D eigenvalue weighted by Crippen LogP contribution is 2.24. The number of nitrogens with one attached hydrogen (secondary N) is 1. The fourth-order valence-corrected chi connectivity index (χ4v) is 2.50. The molecule has 4 nitrogen and oxygen atoms in total. The van der Waals surface area contributed by atoms with Gasteiger partial charge in [-0.25, -0.2) is 0 Å². The highest BCUT2D eigenvalue weighted by Gasteiger charge is 2.05. The van der Waals surface area contributed by atoms with Crippen molar-refractivity contribution in [1.82, 2.24) is 5.32 Å². The van der Waals surface area contributed by atoms with Crippen LogP contribution >= 0.6 is 0 Å². The Bertz CT molecular complexity index is 764. The molecular formula is C18H19NO3. The summed E-state index contributed by atoms with van der Waals surface area (Å²) in [6.45, 7) is 1.39. The Morgan fingerprint density at radius 3 is 2.64 bits per heavy atom. The molecule has 0 radical (unpaired) electrons. The molecule has 2 aromatic carbocycles. The van der Waals surface area contributed by atoms with E-state index in [0.717, 1.165) is 33.6 Å². The van der Waals surface area contributed by atoms with Crippen LogP contribution in [0.1, 0.15) is 16.9 Å². The second-order valence-electron chi connectivity index (χ2n) is 5.15. The molecule has 22 heavy (non-hydrogen) atoms. The number of aliphatic hydroxyl groups is 1. The van der Waals surface area contributed by atoms with Gasteiger partial charge in [-0.2, -0.15) is 0 Å². The van der Waals surface area contributed by atoms with Gasteiger partial charge in [0.05, 0.1) is 20.3 Å². The summed E-state index contributed by atoms with van der Waals surface area (Å²) in [5.41, 5.74) is 2.90. The van der Waals surface area contributed by atoms with E-state index in [0.29, 0.717) is 13.1 Å². The van der Waals surface area contributed by atoms with Crippen LogP contribution in [-0.2, 0) is 19.7 Å². The number of aliphatic hydroxyl groups excluding tert-OH is 1. The molecule has 0 spiro atoms. The summed E-state index contributed by atoms with van der Waals surface area (Å²) in [6, 6.07) is 15.6. The smallest absolute Gasteiger partial charge is 0.134 e. The zero-order chi connectivity index (χ0) is 15.4. The van der Waals surface area contributed by atoms with Gasteiger partial charge in [0.2, 0.25) is 0 Å². The molecule has 0 fully saturated rings. The summed E-state index contributed by atoms with van der Waals surface area (Å²) in [7, 11) is 1.66. The number of methoxy groups -OCH3 is 1. The summed E-state index contributed by atoms with van der Waals surface area (Å²) in [4.78, 5) is 0. The van der Waals surface area contributed by atoms with Crippen molar-refractivity contribution in [2.75, 3.05) is 7.11 Å². The first kappa shape index (κ1) is 14.6. The van der Waals surface area contributed by atoms with E-state index < -0.39 is 0 Å². The Labute approximate surface area is 129 Å². The zero-order valence-corrected chi connectivity index (χ0v) is 12.5. The Morgan fingerprint density at radius 2 is 1.86 bits per heavy atom. The lowest BCUT2D eigenvalue weighted by molar-refractivity contribution is 0.280. The van der Waals surface area contributed by atoms with Crippen LogP contribution < -0.4 is 10.1 Å². The number of hydrogen-bond acceptors (Lipinski definition) is 4. The molecule has 0 amide bonds. The summed E-state index contributed by atoms with van der Waals surface area (Å²) < 4.78 is 11.0. The molecule has 1 aromatic heterocycles. The summed E-state index contributed by atoms with van der Waals surface area (Å²) in [5, 5.41) is 13.7. The molecule has 0 atom stereocenters. The topological polar surface area (TPSA) is 54.6 Å². The van der Waals surface area contributed by atoms with E-state index in [1.54, 1.807) is 7.11 Å². The van der Waals surface area contributed by atoms with Crippen molar-refractivity contribution in [3.63, 3.8) is 0 Å². The highest BCUT2D eigenvalue weighted by molar-refractivity contribution is 5.79. The van der Waals surface area contributed by atoms with Gasteiger partial charge in [-0.05, 0) is 35.4 Å². The average molecular weight is 297 g/mol. The quantitative estimate of drug-likeness (QED) is 0.733. The monoisotopic (exact) mass is 297 g/mol. The molecule has 0 bridgehead atoms. The third-order valence-corrected chi connectivity index (χ3v) is 3.68. The summed E-state index contributed by atoms with van der Waals surface area (Å²) >= 11 is 0. The number of fused-ring (bicyclic) bond motifs is 1. The van der Waals surface area contributed by atoms with Gasteiger partial charge < -0.3 is 19.6 Å². The molecule has 114 valence electrons. The maximum Gasteiger partial charge on any atom is 0.134 e. The predicted molar refractivity (Wildman–Crippen MR) is 85.7 cm³/mol. The molecule has 3 rings (SSSR count). The van der Waals surface area contributed by atoms with Crippen LogP contribution in [0.15, 0.2) is 52.9 Å². The van der Waals surface area contributed by atoms with Crippen LogP contribution in [0.3, 0.4) is 0 Å². The van der Waals surface area contributed by atoms with E-state index in [1.807, 2.05) is 48.5 Å². The second kappa shape index (κ2) is 6.64. The molecule has 0 aliphatic heterocycles. The fraction of sp³-hybridized carbons (Fsp3) is 0.222. The first-order valence-corrected chi connectivity index (χ1v) is 7.25. The number of benzene rings is 2. The Hall–Kier alpha value is -2.30. The largest absolute Gasteiger partial charge is 0.497 e. The molecule has 1 heterocycles. The molecule has 3 aromatic rings. The normalized spacial score (nSPS) is 11.0.